The molecule has 118 valence electrons. The van der Waals surface area contributed by atoms with Crippen LogP contribution in [0.2, 0.25) is 0 Å². The second kappa shape index (κ2) is 5.52. The molecule has 0 radical (unpaired) electrons. The lowest BCUT2D eigenvalue weighted by molar-refractivity contribution is -0.116. The van der Waals surface area contributed by atoms with Gasteiger partial charge in [0.15, 0.2) is 0 Å². The Bertz CT molecular complexity index is 647. The molecular weight excluding hydrogens is 338 g/mol. The van der Waals surface area contributed by atoms with Gasteiger partial charge >= 0.3 is 0 Å². The lowest BCUT2D eigenvalue weighted by atomic mass is 9.84. The molecule has 3 rings (SSSR count). The quantitative estimate of drug-likeness (QED) is 0.830. The Morgan fingerprint density at radius 1 is 1.23 bits per heavy atom. The van der Waals surface area contributed by atoms with Gasteiger partial charge in [0.05, 0.1) is 5.54 Å². The maximum atomic E-state index is 12.8. The molecule has 1 heterocycles. The van der Waals surface area contributed by atoms with Crippen molar-refractivity contribution in [2.24, 2.45) is 5.92 Å². The zero-order valence-corrected chi connectivity index (χ0v) is 15.4. The Morgan fingerprint density at radius 3 is 2.23 bits per heavy atom. The predicted octanol–water partition coefficient (Wildman–Crippen LogP) is 4.65. The summed E-state index contributed by atoms with van der Waals surface area (Å²) >= 11 is 3.61. The summed E-state index contributed by atoms with van der Waals surface area (Å²) in [5.41, 5.74) is 5.71. The first-order valence-electron chi connectivity index (χ1n) is 8.27. The van der Waals surface area contributed by atoms with Crippen LogP contribution in [0.3, 0.4) is 0 Å². The first-order valence-corrected chi connectivity index (χ1v) is 9.07. The molecule has 0 bridgehead atoms. The predicted molar refractivity (Wildman–Crippen MR) is 94.8 cm³/mol. The van der Waals surface area contributed by atoms with Gasteiger partial charge in [0.25, 0.3) is 5.91 Å². The van der Waals surface area contributed by atoms with E-state index in [4.69, 9.17) is 0 Å². The fourth-order valence-electron chi connectivity index (χ4n) is 3.80. The van der Waals surface area contributed by atoms with E-state index in [1.807, 2.05) is 0 Å². The number of rotatable bonds is 4. The molecule has 1 aliphatic heterocycles. The van der Waals surface area contributed by atoms with Crippen LogP contribution >= 0.6 is 15.9 Å². The lowest BCUT2D eigenvalue weighted by Gasteiger charge is -2.26. The third-order valence-electron chi connectivity index (χ3n) is 5.43. The van der Waals surface area contributed by atoms with Gasteiger partial charge in [0.2, 0.25) is 0 Å². The van der Waals surface area contributed by atoms with E-state index in [-0.39, 0.29) is 11.4 Å². The first-order chi connectivity index (χ1) is 10.4. The van der Waals surface area contributed by atoms with Gasteiger partial charge in [-0.3, -0.25) is 4.79 Å². The Balaban J connectivity index is 2.22. The molecule has 1 fully saturated rings. The van der Waals surface area contributed by atoms with Gasteiger partial charge in [-0.2, -0.15) is 0 Å². The monoisotopic (exact) mass is 361 g/mol. The molecule has 2 aliphatic rings. The Hall–Kier alpha value is -1.09. The Morgan fingerprint density at radius 2 is 1.77 bits per heavy atom. The number of hydrogen-bond acceptors (Lipinski definition) is 1. The molecule has 2 nitrogen and oxygen atoms in total. The molecule has 0 aromatic heterocycles. The van der Waals surface area contributed by atoms with Crippen LogP contribution in [-0.2, 0) is 17.6 Å². The van der Waals surface area contributed by atoms with E-state index in [1.165, 1.54) is 35.1 Å². The SMILES string of the molecule is CCc1cc(Br)cc(CC)c1C1=C(C)C(C)(C2CC2)NC1=O. The van der Waals surface area contributed by atoms with E-state index < -0.39 is 0 Å². The van der Waals surface area contributed by atoms with Crippen LogP contribution in [0.5, 0.6) is 0 Å². The van der Waals surface area contributed by atoms with Gasteiger partial charge in [-0.05, 0) is 79.8 Å². The number of amides is 1. The number of carbonyl (C=O) groups excluding carboxylic acids is 1. The number of benzene rings is 1. The fraction of sp³-hybridized carbons (Fsp3) is 0.526. The van der Waals surface area contributed by atoms with E-state index in [9.17, 15) is 4.79 Å². The van der Waals surface area contributed by atoms with Crippen LogP contribution in [0.1, 0.15) is 57.2 Å². The average Bonchev–Trinajstić information content (AvgIpc) is 3.29. The van der Waals surface area contributed by atoms with Crippen molar-refractivity contribution in [1.29, 1.82) is 0 Å². The highest BCUT2D eigenvalue weighted by molar-refractivity contribution is 9.10. The van der Waals surface area contributed by atoms with E-state index in [0.717, 1.165) is 22.9 Å². The minimum atomic E-state index is -0.143. The summed E-state index contributed by atoms with van der Waals surface area (Å²) in [7, 11) is 0. The van der Waals surface area contributed by atoms with Crippen molar-refractivity contribution in [2.45, 2.75) is 58.9 Å². The van der Waals surface area contributed by atoms with Crippen molar-refractivity contribution in [1.82, 2.24) is 5.32 Å². The second-order valence-electron chi connectivity index (χ2n) is 6.74. The van der Waals surface area contributed by atoms with Crippen LogP contribution in [0.15, 0.2) is 22.2 Å². The molecule has 1 aromatic carbocycles. The molecule has 22 heavy (non-hydrogen) atoms. The van der Waals surface area contributed by atoms with Crippen LogP contribution < -0.4 is 5.32 Å². The molecule has 1 N–H and O–H groups in total. The summed E-state index contributed by atoms with van der Waals surface area (Å²) in [4.78, 5) is 12.8. The van der Waals surface area contributed by atoms with E-state index in [2.05, 4.69) is 61.1 Å². The molecule has 0 saturated heterocycles. The van der Waals surface area contributed by atoms with Crippen molar-refractivity contribution in [3.8, 4) is 0 Å². The molecule has 1 saturated carbocycles. The van der Waals surface area contributed by atoms with Crippen molar-refractivity contribution >= 4 is 27.4 Å². The molecule has 1 amide bonds. The Kier molecular flexibility index (Phi) is 3.96. The number of hydrogen-bond donors (Lipinski definition) is 1. The second-order valence-corrected chi connectivity index (χ2v) is 7.65. The number of carbonyl (C=O) groups is 1. The van der Waals surface area contributed by atoms with Gasteiger partial charge in [-0.1, -0.05) is 29.8 Å². The molecule has 1 aliphatic carbocycles. The number of halogens is 1. The summed E-state index contributed by atoms with van der Waals surface area (Å²) in [6.45, 7) is 8.66. The summed E-state index contributed by atoms with van der Waals surface area (Å²) < 4.78 is 1.10. The molecular formula is C19H24BrNO. The van der Waals surface area contributed by atoms with Crippen LogP contribution in [-0.4, -0.2) is 11.4 Å². The standard InChI is InChI=1S/C19H24BrNO/c1-5-12-9-15(20)10-13(6-2)17(12)16-11(3)19(4,14-7-8-14)21-18(16)22/h9-10,14H,5-8H2,1-4H3,(H,21,22). The summed E-state index contributed by atoms with van der Waals surface area (Å²) in [5.74, 6) is 0.721. The highest BCUT2D eigenvalue weighted by Gasteiger charge is 2.49. The zero-order chi connectivity index (χ0) is 16.1. The van der Waals surface area contributed by atoms with Gasteiger partial charge < -0.3 is 5.32 Å². The highest BCUT2D eigenvalue weighted by atomic mass is 79.9. The molecule has 1 unspecified atom stereocenters. The normalized spacial score (nSPS) is 24.9. The molecule has 1 aromatic rings. The molecule has 0 spiro atoms. The molecule has 1 atom stereocenters. The third kappa shape index (κ3) is 2.34. The summed E-state index contributed by atoms with van der Waals surface area (Å²) in [6, 6.07) is 4.32. The van der Waals surface area contributed by atoms with Crippen molar-refractivity contribution in [2.75, 3.05) is 0 Å². The fourth-order valence-corrected chi connectivity index (χ4v) is 4.35. The third-order valence-corrected chi connectivity index (χ3v) is 5.88. The topological polar surface area (TPSA) is 29.1 Å². The number of aryl methyl sites for hydroxylation is 2. The maximum Gasteiger partial charge on any atom is 0.252 e. The lowest BCUT2D eigenvalue weighted by Crippen LogP contribution is -2.43. The van der Waals surface area contributed by atoms with E-state index in [0.29, 0.717) is 5.92 Å². The Labute approximate surface area is 141 Å². The van der Waals surface area contributed by atoms with Crippen molar-refractivity contribution in [3.05, 3.63) is 38.9 Å². The minimum absolute atomic E-state index is 0.110. The van der Waals surface area contributed by atoms with Crippen LogP contribution in [0.4, 0.5) is 0 Å². The zero-order valence-electron chi connectivity index (χ0n) is 13.8. The summed E-state index contributed by atoms with van der Waals surface area (Å²) in [5, 5.41) is 3.28. The van der Waals surface area contributed by atoms with Crippen molar-refractivity contribution in [3.63, 3.8) is 0 Å². The minimum Gasteiger partial charge on any atom is -0.343 e. The maximum absolute atomic E-state index is 12.8. The number of nitrogens with one attached hydrogen (secondary N) is 1. The van der Waals surface area contributed by atoms with Gasteiger partial charge in [-0.15, -0.1) is 0 Å². The van der Waals surface area contributed by atoms with E-state index >= 15 is 0 Å². The van der Waals surface area contributed by atoms with Crippen molar-refractivity contribution < 1.29 is 4.79 Å². The largest absolute Gasteiger partial charge is 0.343 e. The smallest absolute Gasteiger partial charge is 0.252 e. The van der Waals surface area contributed by atoms with Crippen LogP contribution in [0.25, 0.3) is 5.57 Å². The molecule has 3 heteroatoms. The average molecular weight is 362 g/mol. The van der Waals surface area contributed by atoms with Crippen LogP contribution in [0, 0.1) is 5.92 Å². The summed E-state index contributed by atoms with van der Waals surface area (Å²) in [6.07, 6.45) is 4.32. The van der Waals surface area contributed by atoms with Gasteiger partial charge in [0.1, 0.15) is 0 Å². The first kappa shape index (κ1) is 15.8. The van der Waals surface area contributed by atoms with Gasteiger partial charge in [-0.25, -0.2) is 0 Å². The highest BCUT2D eigenvalue weighted by Crippen LogP contribution is 2.49. The van der Waals surface area contributed by atoms with E-state index in [1.54, 1.807) is 0 Å². The van der Waals surface area contributed by atoms with Gasteiger partial charge in [0, 0.05) is 10.0 Å².